The molecule has 30 heavy (non-hydrogen) atoms. The Hall–Kier alpha value is -2.17. The summed E-state index contributed by atoms with van der Waals surface area (Å²) in [5, 5.41) is 11.6. The van der Waals surface area contributed by atoms with Gasteiger partial charge in [0.1, 0.15) is 18.0 Å². The van der Waals surface area contributed by atoms with Crippen LogP contribution in [-0.2, 0) is 13.0 Å². The van der Waals surface area contributed by atoms with Crippen LogP contribution in [0.15, 0.2) is 47.7 Å². The molecule has 0 saturated carbocycles. The minimum atomic E-state index is -0.204. The quantitative estimate of drug-likeness (QED) is 0.260. The number of halogens is 2. The third kappa shape index (κ3) is 6.68. The van der Waals surface area contributed by atoms with Gasteiger partial charge in [0.2, 0.25) is 0 Å². The van der Waals surface area contributed by atoms with E-state index >= 15 is 0 Å². The van der Waals surface area contributed by atoms with Crippen LogP contribution in [0.5, 0.6) is 0 Å². The maximum atomic E-state index is 13.2. The first-order valence-electron chi connectivity index (χ1n) is 10.1. The van der Waals surface area contributed by atoms with E-state index in [0.29, 0.717) is 6.54 Å². The number of benzene rings is 1. The zero-order valence-corrected chi connectivity index (χ0v) is 20.1. The normalized spacial score (nSPS) is 14.4. The summed E-state index contributed by atoms with van der Waals surface area (Å²) in [5.74, 6) is 1.68. The molecule has 0 atom stereocenters. The van der Waals surface area contributed by atoms with E-state index in [1.54, 1.807) is 6.33 Å². The summed E-state index contributed by atoms with van der Waals surface area (Å²) in [6, 6.07) is 6.70. The van der Waals surface area contributed by atoms with Gasteiger partial charge >= 0.3 is 0 Å². The molecule has 0 aliphatic carbocycles. The van der Waals surface area contributed by atoms with Crippen molar-refractivity contribution in [3.8, 4) is 0 Å². The molecule has 1 aromatic heterocycles. The fourth-order valence-corrected chi connectivity index (χ4v) is 3.33. The molecule has 2 aromatic rings. The van der Waals surface area contributed by atoms with Gasteiger partial charge in [-0.2, -0.15) is 0 Å². The van der Waals surface area contributed by atoms with E-state index in [1.165, 1.54) is 12.1 Å². The molecule has 1 fully saturated rings. The van der Waals surface area contributed by atoms with Crippen LogP contribution < -0.4 is 10.2 Å². The summed E-state index contributed by atoms with van der Waals surface area (Å²) in [4.78, 5) is 9.29. The molecule has 1 aromatic carbocycles. The van der Waals surface area contributed by atoms with E-state index in [9.17, 15) is 4.39 Å². The summed E-state index contributed by atoms with van der Waals surface area (Å²) in [6.07, 6.45) is 2.63. The van der Waals surface area contributed by atoms with Crippen LogP contribution in [-0.4, -0.2) is 64.9 Å². The van der Waals surface area contributed by atoms with E-state index in [-0.39, 0.29) is 29.8 Å². The van der Waals surface area contributed by atoms with E-state index in [2.05, 4.69) is 43.4 Å². The van der Waals surface area contributed by atoms with E-state index in [4.69, 9.17) is 4.99 Å². The number of anilines is 1. The van der Waals surface area contributed by atoms with Gasteiger partial charge in [-0.25, -0.2) is 9.38 Å². The molecule has 164 valence electrons. The molecule has 0 bridgehead atoms. The Kier molecular flexibility index (Phi) is 9.54. The summed E-state index contributed by atoms with van der Waals surface area (Å²) < 4.78 is 15.2. The second-order valence-corrected chi connectivity index (χ2v) is 7.27. The smallest absolute Gasteiger partial charge is 0.194 e. The predicted molar refractivity (Wildman–Crippen MR) is 130 cm³/mol. The van der Waals surface area contributed by atoms with Crippen LogP contribution in [0.3, 0.4) is 0 Å². The molecule has 1 N–H and O–H groups in total. The monoisotopic (exact) mass is 527 g/mol. The molecule has 1 aliphatic heterocycles. The van der Waals surface area contributed by atoms with Crippen LogP contribution in [0.25, 0.3) is 0 Å². The Morgan fingerprint density at radius 3 is 2.53 bits per heavy atom. The third-order valence-electron chi connectivity index (χ3n) is 4.92. The first kappa shape index (κ1) is 24.1. The van der Waals surface area contributed by atoms with E-state index < -0.39 is 0 Å². The maximum absolute atomic E-state index is 13.2. The van der Waals surface area contributed by atoms with Gasteiger partial charge in [-0.15, -0.1) is 34.2 Å². The van der Waals surface area contributed by atoms with Crippen LogP contribution in [0, 0.1) is 5.82 Å². The Balaban J connectivity index is 0.00000320. The maximum Gasteiger partial charge on any atom is 0.194 e. The summed E-state index contributed by atoms with van der Waals surface area (Å²) in [6.45, 7) is 13.6. The zero-order valence-electron chi connectivity index (χ0n) is 17.7. The number of aromatic nitrogens is 3. The average molecular weight is 527 g/mol. The minimum Gasteiger partial charge on any atom is -0.368 e. The molecule has 9 heteroatoms. The summed E-state index contributed by atoms with van der Waals surface area (Å²) in [5.41, 5.74) is 2.08. The number of aryl methyl sites for hydroxylation is 1. The van der Waals surface area contributed by atoms with Crippen molar-refractivity contribution in [1.82, 2.24) is 25.0 Å². The van der Waals surface area contributed by atoms with Gasteiger partial charge in [-0.05, 0) is 31.2 Å². The lowest BCUT2D eigenvalue weighted by Crippen LogP contribution is -2.53. The lowest BCUT2D eigenvalue weighted by Gasteiger charge is -2.37. The average Bonchev–Trinajstić information content (AvgIpc) is 3.18. The van der Waals surface area contributed by atoms with Gasteiger partial charge in [-0.3, -0.25) is 0 Å². The number of hydrogen-bond acceptors (Lipinski definition) is 4. The SMILES string of the molecule is C=C(C)CN=C(NCCn1cnnc1CC)N1CCN(c2ccc(F)cc2)CC1.I. The highest BCUT2D eigenvalue weighted by atomic mass is 127. The van der Waals surface area contributed by atoms with Crippen LogP contribution in [0.1, 0.15) is 19.7 Å². The Bertz CT molecular complexity index is 826. The van der Waals surface area contributed by atoms with E-state index in [1.807, 2.05) is 19.1 Å². The van der Waals surface area contributed by atoms with Crippen molar-refractivity contribution >= 4 is 35.6 Å². The van der Waals surface area contributed by atoms with Gasteiger partial charge in [-0.1, -0.05) is 19.1 Å². The van der Waals surface area contributed by atoms with Crippen molar-refractivity contribution in [3.63, 3.8) is 0 Å². The molecule has 0 spiro atoms. The molecule has 0 amide bonds. The van der Waals surface area contributed by atoms with Crippen LogP contribution in [0.4, 0.5) is 10.1 Å². The molecule has 1 aliphatic rings. The minimum absolute atomic E-state index is 0. The van der Waals surface area contributed by atoms with E-state index in [0.717, 1.165) is 68.7 Å². The lowest BCUT2D eigenvalue weighted by atomic mass is 10.2. The molecule has 0 unspecified atom stereocenters. The van der Waals surface area contributed by atoms with Gasteiger partial charge < -0.3 is 19.7 Å². The molecular formula is C21H31FIN7. The fraction of sp³-hybridized carbons (Fsp3) is 0.476. The third-order valence-corrected chi connectivity index (χ3v) is 4.92. The van der Waals surface area contributed by atoms with Gasteiger partial charge in [0.05, 0.1) is 6.54 Å². The topological polar surface area (TPSA) is 61.6 Å². The highest BCUT2D eigenvalue weighted by Crippen LogP contribution is 2.17. The number of rotatable bonds is 7. The highest BCUT2D eigenvalue weighted by molar-refractivity contribution is 14.0. The molecule has 0 radical (unpaired) electrons. The Labute approximate surface area is 195 Å². The predicted octanol–water partition coefficient (Wildman–Crippen LogP) is 2.94. The van der Waals surface area contributed by atoms with Gasteiger partial charge in [0.15, 0.2) is 5.96 Å². The number of piperazine rings is 1. The van der Waals surface area contributed by atoms with Crippen molar-refractivity contribution in [2.45, 2.75) is 26.8 Å². The Morgan fingerprint density at radius 1 is 1.20 bits per heavy atom. The van der Waals surface area contributed by atoms with Crippen LogP contribution in [0.2, 0.25) is 0 Å². The number of guanidine groups is 1. The molecule has 3 rings (SSSR count). The second kappa shape index (κ2) is 11.9. The molecule has 2 heterocycles. The largest absolute Gasteiger partial charge is 0.368 e. The van der Waals surface area contributed by atoms with Gasteiger partial charge in [0.25, 0.3) is 0 Å². The number of hydrogen-bond donors (Lipinski definition) is 1. The van der Waals surface area contributed by atoms with Crippen molar-refractivity contribution < 1.29 is 4.39 Å². The first-order valence-corrected chi connectivity index (χ1v) is 10.1. The molecule has 7 nitrogen and oxygen atoms in total. The van der Waals surface area contributed by atoms with Crippen molar-refractivity contribution in [3.05, 3.63) is 54.4 Å². The standard InChI is InChI=1S/C21H30FN7.HI/c1-4-20-26-25-16-29(20)10-9-23-21(24-15-17(2)3)28-13-11-27(12-14-28)19-7-5-18(22)6-8-19;/h5-8,16H,2,4,9-15H2,1,3H3,(H,23,24);1H. The number of aliphatic imine (C=N–C) groups is 1. The molecule has 1 saturated heterocycles. The summed E-state index contributed by atoms with van der Waals surface area (Å²) in [7, 11) is 0. The second-order valence-electron chi connectivity index (χ2n) is 7.27. The van der Waals surface area contributed by atoms with Crippen molar-refractivity contribution in [2.75, 3.05) is 44.2 Å². The van der Waals surface area contributed by atoms with Crippen molar-refractivity contribution in [2.24, 2.45) is 4.99 Å². The number of nitrogens with one attached hydrogen (secondary N) is 1. The summed E-state index contributed by atoms with van der Waals surface area (Å²) >= 11 is 0. The fourth-order valence-electron chi connectivity index (χ4n) is 3.33. The Morgan fingerprint density at radius 2 is 1.90 bits per heavy atom. The zero-order chi connectivity index (χ0) is 20.6. The van der Waals surface area contributed by atoms with Gasteiger partial charge in [0, 0.05) is 51.4 Å². The van der Waals surface area contributed by atoms with Crippen molar-refractivity contribution in [1.29, 1.82) is 0 Å². The highest BCUT2D eigenvalue weighted by Gasteiger charge is 2.20. The number of nitrogens with zero attached hydrogens (tertiary/aromatic N) is 6. The lowest BCUT2D eigenvalue weighted by molar-refractivity contribution is 0.371. The first-order chi connectivity index (χ1) is 14.1. The van der Waals surface area contributed by atoms with Crippen LogP contribution >= 0.6 is 24.0 Å². The molecular weight excluding hydrogens is 496 g/mol.